The number of nitrogens with one attached hydrogen (secondary N) is 2. The van der Waals surface area contributed by atoms with E-state index in [1.807, 2.05) is 17.4 Å². The first-order valence-corrected chi connectivity index (χ1v) is 5.40. The van der Waals surface area contributed by atoms with Gasteiger partial charge >= 0.3 is 0 Å². The predicted molar refractivity (Wildman–Crippen MR) is 58.2 cm³/mol. The Morgan fingerprint density at radius 2 is 2.29 bits per heavy atom. The van der Waals surface area contributed by atoms with Crippen molar-refractivity contribution in [3.8, 4) is 0 Å². The molecular weight excluding hydrogens is 194 g/mol. The summed E-state index contributed by atoms with van der Waals surface area (Å²) in [4.78, 5) is 2.74. The molecule has 3 nitrogen and oxygen atoms in total. The van der Waals surface area contributed by atoms with Crippen molar-refractivity contribution in [3.63, 3.8) is 0 Å². The Hall–Kier alpha value is -1.13. The Balaban J connectivity index is 1.78. The van der Waals surface area contributed by atoms with Crippen LogP contribution in [0, 0.1) is 6.92 Å². The number of hydrogen-bond donors (Lipinski definition) is 2. The third-order valence-corrected chi connectivity index (χ3v) is 2.97. The number of aromatic amines is 1. The topological polar surface area (TPSA) is 40.7 Å². The zero-order valence-electron chi connectivity index (χ0n) is 8.08. The van der Waals surface area contributed by atoms with Crippen molar-refractivity contribution in [3.05, 3.63) is 39.8 Å². The zero-order valence-corrected chi connectivity index (χ0v) is 8.90. The van der Waals surface area contributed by atoms with Gasteiger partial charge in [0.15, 0.2) is 0 Å². The summed E-state index contributed by atoms with van der Waals surface area (Å²) in [5.41, 5.74) is 1.12. The van der Waals surface area contributed by atoms with Gasteiger partial charge in [0.25, 0.3) is 0 Å². The summed E-state index contributed by atoms with van der Waals surface area (Å²) >= 11 is 1.84. The standard InChI is InChI=1S/C10H13N3S/c1-8-2-3-10(14-8)7-11-6-9-4-5-12-13-9/h2-5,11H,6-7H2,1H3,(H,12,13). The highest BCUT2D eigenvalue weighted by molar-refractivity contribution is 7.11. The van der Waals surface area contributed by atoms with E-state index in [0.29, 0.717) is 0 Å². The molecule has 0 aromatic carbocycles. The van der Waals surface area contributed by atoms with Gasteiger partial charge in [-0.05, 0) is 25.1 Å². The highest BCUT2D eigenvalue weighted by Crippen LogP contribution is 2.14. The van der Waals surface area contributed by atoms with Crippen LogP contribution in [0.2, 0.25) is 0 Å². The van der Waals surface area contributed by atoms with E-state index in [9.17, 15) is 0 Å². The van der Waals surface area contributed by atoms with Crippen LogP contribution in [0.4, 0.5) is 0 Å². The van der Waals surface area contributed by atoms with Gasteiger partial charge in [-0.1, -0.05) is 0 Å². The molecule has 0 aliphatic heterocycles. The number of hydrogen-bond acceptors (Lipinski definition) is 3. The van der Waals surface area contributed by atoms with Crippen LogP contribution in [-0.2, 0) is 13.1 Å². The maximum atomic E-state index is 3.89. The molecule has 0 spiro atoms. The highest BCUT2D eigenvalue weighted by Gasteiger charge is 1.96. The van der Waals surface area contributed by atoms with E-state index in [4.69, 9.17) is 0 Å². The molecule has 2 rings (SSSR count). The molecule has 0 aliphatic rings. The second kappa shape index (κ2) is 4.39. The zero-order chi connectivity index (χ0) is 9.80. The molecule has 0 amide bonds. The van der Waals surface area contributed by atoms with Gasteiger partial charge in [0.2, 0.25) is 0 Å². The van der Waals surface area contributed by atoms with Crippen molar-refractivity contribution in [2.45, 2.75) is 20.0 Å². The number of aromatic nitrogens is 2. The van der Waals surface area contributed by atoms with Crippen molar-refractivity contribution in [1.29, 1.82) is 0 Å². The lowest BCUT2D eigenvalue weighted by Gasteiger charge is -1.99. The minimum atomic E-state index is 0.844. The number of nitrogens with zero attached hydrogens (tertiary/aromatic N) is 1. The lowest BCUT2D eigenvalue weighted by molar-refractivity contribution is 0.684. The minimum Gasteiger partial charge on any atom is -0.306 e. The molecule has 0 atom stereocenters. The Kier molecular flexibility index (Phi) is 2.96. The van der Waals surface area contributed by atoms with E-state index in [2.05, 4.69) is 34.6 Å². The molecule has 0 bridgehead atoms. The first-order chi connectivity index (χ1) is 6.84. The number of rotatable bonds is 4. The van der Waals surface area contributed by atoms with Crippen LogP contribution in [-0.4, -0.2) is 10.2 Å². The molecule has 0 saturated carbocycles. The Bertz CT molecular complexity index is 378. The second-order valence-electron chi connectivity index (χ2n) is 3.20. The summed E-state index contributed by atoms with van der Waals surface area (Å²) in [5, 5.41) is 10.2. The second-order valence-corrected chi connectivity index (χ2v) is 4.57. The van der Waals surface area contributed by atoms with E-state index >= 15 is 0 Å². The van der Waals surface area contributed by atoms with Crippen LogP contribution in [0.5, 0.6) is 0 Å². The quantitative estimate of drug-likeness (QED) is 0.805. The van der Waals surface area contributed by atoms with Gasteiger partial charge in [0, 0.05) is 34.7 Å². The summed E-state index contributed by atoms with van der Waals surface area (Å²) in [5.74, 6) is 0. The molecule has 2 N–H and O–H groups in total. The first-order valence-electron chi connectivity index (χ1n) is 4.59. The average Bonchev–Trinajstić information content (AvgIpc) is 2.77. The van der Waals surface area contributed by atoms with Crippen molar-refractivity contribution >= 4 is 11.3 Å². The van der Waals surface area contributed by atoms with Crippen molar-refractivity contribution in [2.24, 2.45) is 0 Å². The lowest BCUT2D eigenvalue weighted by Crippen LogP contribution is -2.11. The van der Waals surface area contributed by atoms with E-state index in [0.717, 1.165) is 18.8 Å². The lowest BCUT2D eigenvalue weighted by atomic mass is 10.4. The van der Waals surface area contributed by atoms with Crippen molar-refractivity contribution in [2.75, 3.05) is 0 Å². The van der Waals surface area contributed by atoms with Crippen molar-refractivity contribution in [1.82, 2.24) is 15.5 Å². The third kappa shape index (κ3) is 2.43. The van der Waals surface area contributed by atoms with Gasteiger partial charge in [-0.3, -0.25) is 5.10 Å². The van der Waals surface area contributed by atoms with E-state index in [-0.39, 0.29) is 0 Å². The van der Waals surface area contributed by atoms with Gasteiger partial charge in [-0.25, -0.2) is 0 Å². The molecule has 74 valence electrons. The smallest absolute Gasteiger partial charge is 0.0490 e. The largest absolute Gasteiger partial charge is 0.306 e. The third-order valence-electron chi connectivity index (χ3n) is 1.97. The maximum absolute atomic E-state index is 3.89. The SMILES string of the molecule is Cc1ccc(CNCc2ccn[nH]2)s1. The van der Waals surface area contributed by atoms with Gasteiger partial charge < -0.3 is 5.32 Å². The normalized spacial score (nSPS) is 10.6. The fourth-order valence-corrected chi connectivity index (χ4v) is 2.14. The average molecular weight is 207 g/mol. The van der Waals surface area contributed by atoms with E-state index < -0.39 is 0 Å². The molecular formula is C10H13N3S. The number of thiophene rings is 1. The van der Waals surface area contributed by atoms with Crippen molar-refractivity contribution < 1.29 is 0 Å². The Morgan fingerprint density at radius 1 is 1.36 bits per heavy atom. The predicted octanol–water partition coefficient (Wildman–Crippen LogP) is 2.07. The van der Waals surface area contributed by atoms with Gasteiger partial charge in [-0.15, -0.1) is 11.3 Å². The number of H-pyrrole nitrogens is 1. The molecule has 0 fully saturated rings. The summed E-state index contributed by atoms with van der Waals surface area (Å²) in [7, 11) is 0. The van der Waals surface area contributed by atoms with Crippen LogP contribution in [0.25, 0.3) is 0 Å². The Labute approximate surface area is 87.2 Å². The molecule has 4 heteroatoms. The highest BCUT2D eigenvalue weighted by atomic mass is 32.1. The molecule has 2 heterocycles. The fourth-order valence-electron chi connectivity index (χ4n) is 1.28. The minimum absolute atomic E-state index is 0.844. The van der Waals surface area contributed by atoms with Crippen LogP contribution in [0.15, 0.2) is 24.4 Å². The fraction of sp³-hybridized carbons (Fsp3) is 0.300. The van der Waals surface area contributed by atoms with Crippen LogP contribution < -0.4 is 5.32 Å². The molecule has 0 saturated heterocycles. The molecule has 14 heavy (non-hydrogen) atoms. The van der Waals surface area contributed by atoms with E-state index in [1.54, 1.807) is 6.20 Å². The van der Waals surface area contributed by atoms with Gasteiger partial charge in [-0.2, -0.15) is 5.10 Å². The summed E-state index contributed by atoms with van der Waals surface area (Å²) in [6.45, 7) is 3.90. The number of aryl methyl sites for hydroxylation is 1. The Morgan fingerprint density at radius 3 is 2.93 bits per heavy atom. The molecule has 0 aliphatic carbocycles. The molecule has 2 aromatic heterocycles. The summed E-state index contributed by atoms with van der Waals surface area (Å²) in [6, 6.07) is 6.30. The monoisotopic (exact) mass is 207 g/mol. The molecule has 0 unspecified atom stereocenters. The van der Waals surface area contributed by atoms with Crippen LogP contribution in [0.1, 0.15) is 15.4 Å². The van der Waals surface area contributed by atoms with Crippen LogP contribution >= 0.6 is 11.3 Å². The maximum Gasteiger partial charge on any atom is 0.0490 e. The van der Waals surface area contributed by atoms with E-state index in [1.165, 1.54) is 9.75 Å². The van der Waals surface area contributed by atoms with Gasteiger partial charge in [0.05, 0.1) is 0 Å². The van der Waals surface area contributed by atoms with Gasteiger partial charge in [0.1, 0.15) is 0 Å². The molecule has 2 aromatic rings. The van der Waals surface area contributed by atoms with Crippen LogP contribution in [0.3, 0.4) is 0 Å². The molecule has 0 radical (unpaired) electrons. The first kappa shape index (κ1) is 9.43. The summed E-state index contributed by atoms with van der Waals surface area (Å²) in [6.07, 6.45) is 1.77. The summed E-state index contributed by atoms with van der Waals surface area (Å²) < 4.78 is 0.